The van der Waals surface area contributed by atoms with Crippen molar-refractivity contribution in [3.63, 3.8) is 0 Å². The first kappa shape index (κ1) is 15.9. The summed E-state index contributed by atoms with van der Waals surface area (Å²) in [6.45, 7) is 6.49. The lowest BCUT2D eigenvalue weighted by Crippen LogP contribution is -2.45. The van der Waals surface area contributed by atoms with Gasteiger partial charge < -0.3 is 15.2 Å². The SMILES string of the molecule is Cc1nc(C(C)NC(=O)C2(C)CCCOC2)sc1C(=O)O. The van der Waals surface area contributed by atoms with Crippen molar-refractivity contribution in [2.75, 3.05) is 13.2 Å². The van der Waals surface area contributed by atoms with Gasteiger partial charge in [-0.3, -0.25) is 4.79 Å². The number of aromatic nitrogens is 1. The van der Waals surface area contributed by atoms with Gasteiger partial charge in [0.05, 0.1) is 23.8 Å². The number of carboxylic acid groups (broad SMARTS) is 1. The van der Waals surface area contributed by atoms with Gasteiger partial charge in [0.1, 0.15) is 9.88 Å². The van der Waals surface area contributed by atoms with Crippen molar-refractivity contribution in [1.82, 2.24) is 10.3 Å². The van der Waals surface area contributed by atoms with Crippen LogP contribution >= 0.6 is 11.3 Å². The van der Waals surface area contributed by atoms with E-state index in [0.29, 0.717) is 23.9 Å². The minimum absolute atomic E-state index is 0.0700. The Balaban J connectivity index is 2.07. The summed E-state index contributed by atoms with van der Waals surface area (Å²) in [4.78, 5) is 27.9. The van der Waals surface area contributed by atoms with Crippen LogP contribution in [-0.4, -0.2) is 35.2 Å². The van der Waals surface area contributed by atoms with Crippen LogP contribution < -0.4 is 5.32 Å². The number of carbonyl (C=O) groups is 2. The number of hydrogen-bond donors (Lipinski definition) is 2. The number of rotatable bonds is 4. The molecule has 2 N–H and O–H groups in total. The second-order valence-electron chi connectivity index (χ2n) is 5.68. The summed E-state index contributed by atoms with van der Waals surface area (Å²) < 4.78 is 5.40. The molecule has 0 bridgehead atoms. The highest BCUT2D eigenvalue weighted by Gasteiger charge is 2.36. The zero-order valence-corrected chi connectivity index (χ0v) is 13.2. The molecule has 2 atom stereocenters. The summed E-state index contributed by atoms with van der Waals surface area (Å²) in [7, 11) is 0. The van der Waals surface area contributed by atoms with E-state index >= 15 is 0 Å². The van der Waals surface area contributed by atoms with Crippen molar-refractivity contribution < 1.29 is 19.4 Å². The van der Waals surface area contributed by atoms with E-state index in [-0.39, 0.29) is 16.8 Å². The maximum absolute atomic E-state index is 12.4. The van der Waals surface area contributed by atoms with Gasteiger partial charge >= 0.3 is 5.97 Å². The van der Waals surface area contributed by atoms with Gasteiger partial charge in [-0.15, -0.1) is 11.3 Å². The Labute approximate surface area is 127 Å². The summed E-state index contributed by atoms with van der Waals surface area (Å²) in [5.74, 6) is -1.05. The predicted molar refractivity (Wildman–Crippen MR) is 78.5 cm³/mol. The number of thiazole rings is 1. The Morgan fingerprint density at radius 2 is 2.24 bits per heavy atom. The Morgan fingerprint density at radius 1 is 1.52 bits per heavy atom. The molecule has 1 amide bonds. The van der Waals surface area contributed by atoms with E-state index in [1.807, 2.05) is 13.8 Å². The molecule has 1 aromatic heterocycles. The van der Waals surface area contributed by atoms with Gasteiger partial charge in [-0.2, -0.15) is 0 Å². The van der Waals surface area contributed by atoms with Crippen molar-refractivity contribution in [2.24, 2.45) is 5.41 Å². The third kappa shape index (κ3) is 3.41. The molecule has 7 heteroatoms. The van der Waals surface area contributed by atoms with Gasteiger partial charge in [0, 0.05) is 6.61 Å². The number of carbonyl (C=O) groups excluding carboxylic acids is 1. The Bertz CT molecular complexity index is 549. The second-order valence-corrected chi connectivity index (χ2v) is 6.71. The van der Waals surface area contributed by atoms with Crippen molar-refractivity contribution in [3.05, 3.63) is 15.6 Å². The number of ether oxygens (including phenoxy) is 1. The number of nitrogens with one attached hydrogen (secondary N) is 1. The molecule has 2 rings (SSSR count). The van der Waals surface area contributed by atoms with Crippen molar-refractivity contribution in [3.8, 4) is 0 Å². The first-order valence-corrected chi connectivity index (χ1v) is 7.74. The smallest absolute Gasteiger partial charge is 0.347 e. The molecule has 0 radical (unpaired) electrons. The van der Waals surface area contributed by atoms with Crippen LogP contribution in [-0.2, 0) is 9.53 Å². The third-order valence-electron chi connectivity index (χ3n) is 3.71. The van der Waals surface area contributed by atoms with Gasteiger partial charge in [-0.05, 0) is 33.6 Å². The summed E-state index contributed by atoms with van der Waals surface area (Å²) in [6.07, 6.45) is 1.67. The molecule has 0 saturated carbocycles. The molecule has 0 spiro atoms. The van der Waals surface area contributed by atoms with E-state index in [4.69, 9.17) is 9.84 Å². The highest BCUT2D eigenvalue weighted by atomic mass is 32.1. The van der Waals surface area contributed by atoms with Gasteiger partial charge in [0.25, 0.3) is 0 Å². The number of amides is 1. The molecule has 0 aromatic carbocycles. The third-order valence-corrected chi connectivity index (χ3v) is 5.04. The van der Waals surface area contributed by atoms with Crippen LogP contribution in [0.5, 0.6) is 0 Å². The molecule has 21 heavy (non-hydrogen) atoms. The zero-order valence-electron chi connectivity index (χ0n) is 12.4. The first-order chi connectivity index (χ1) is 9.83. The highest BCUT2D eigenvalue weighted by molar-refractivity contribution is 7.13. The Hall–Kier alpha value is -1.47. The van der Waals surface area contributed by atoms with Gasteiger partial charge in [-0.25, -0.2) is 9.78 Å². The van der Waals surface area contributed by atoms with E-state index < -0.39 is 11.4 Å². The Morgan fingerprint density at radius 3 is 2.76 bits per heavy atom. The van der Waals surface area contributed by atoms with Gasteiger partial charge in [-0.1, -0.05) is 0 Å². The maximum atomic E-state index is 12.4. The Kier molecular flexibility index (Phi) is 4.63. The van der Waals surface area contributed by atoms with Crippen LogP contribution in [0, 0.1) is 12.3 Å². The summed E-state index contributed by atoms with van der Waals surface area (Å²) >= 11 is 1.11. The number of aromatic carboxylic acids is 1. The van der Waals surface area contributed by atoms with Crippen LogP contribution in [0.25, 0.3) is 0 Å². The molecule has 1 saturated heterocycles. The second kappa shape index (κ2) is 6.11. The van der Waals surface area contributed by atoms with Crippen molar-refractivity contribution in [2.45, 2.75) is 39.7 Å². The molecule has 116 valence electrons. The average molecular weight is 312 g/mol. The van der Waals surface area contributed by atoms with Gasteiger partial charge in [0.15, 0.2) is 0 Å². The lowest BCUT2D eigenvalue weighted by molar-refractivity contribution is -0.138. The molecule has 1 aromatic rings. The lowest BCUT2D eigenvalue weighted by atomic mass is 9.83. The molecular formula is C14H20N2O4S. The summed E-state index contributed by atoms with van der Waals surface area (Å²) in [5.41, 5.74) is -0.0372. The number of aryl methyl sites for hydroxylation is 1. The molecule has 0 aliphatic carbocycles. The minimum Gasteiger partial charge on any atom is -0.477 e. The molecule has 6 nitrogen and oxygen atoms in total. The number of nitrogens with zero attached hydrogens (tertiary/aromatic N) is 1. The molecule has 2 unspecified atom stereocenters. The van der Waals surface area contributed by atoms with Crippen molar-refractivity contribution in [1.29, 1.82) is 0 Å². The molecule has 1 fully saturated rings. The van der Waals surface area contributed by atoms with Crippen molar-refractivity contribution >= 4 is 23.2 Å². The summed E-state index contributed by atoms with van der Waals surface area (Å²) in [5, 5.41) is 12.6. The topological polar surface area (TPSA) is 88.5 Å². The molecule has 1 aliphatic rings. The standard InChI is InChI=1S/C14H20N2O4S/c1-8-10(12(17)18)21-11(15-8)9(2)16-13(19)14(3)5-4-6-20-7-14/h9H,4-7H2,1-3H3,(H,16,19)(H,17,18). The maximum Gasteiger partial charge on any atom is 0.347 e. The molecule has 1 aliphatic heterocycles. The number of carboxylic acids is 1. The van der Waals surface area contributed by atoms with Crippen LogP contribution in [0.15, 0.2) is 0 Å². The minimum atomic E-state index is -0.984. The predicted octanol–water partition coefficient (Wildman–Crippen LogP) is 2.14. The zero-order chi connectivity index (χ0) is 15.6. The fourth-order valence-electron chi connectivity index (χ4n) is 2.35. The lowest BCUT2D eigenvalue weighted by Gasteiger charge is -2.32. The van der Waals surface area contributed by atoms with E-state index in [9.17, 15) is 9.59 Å². The van der Waals surface area contributed by atoms with Crippen LogP contribution in [0.1, 0.15) is 53.1 Å². The van der Waals surface area contributed by atoms with Crippen LogP contribution in [0.4, 0.5) is 0 Å². The van der Waals surface area contributed by atoms with Crippen LogP contribution in [0.3, 0.4) is 0 Å². The van der Waals surface area contributed by atoms with E-state index in [1.54, 1.807) is 6.92 Å². The molecular weight excluding hydrogens is 292 g/mol. The molecule has 2 heterocycles. The first-order valence-electron chi connectivity index (χ1n) is 6.93. The van der Waals surface area contributed by atoms with E-state index in [2.05, 4.69) is 10.3 Å². The summed E-state index contributed by atoms with van der Waals surface area (Å²) in [6, 6.07) is -0.312. The van der Waals surface area contributed by atoms with Crippen LogP contribution in [0.2, 0.25) is 0 Å². The fraction of sp³-hybridized carbons (Fsp3) is 0.643. The highest BCUT2D eigenvalue weighted by Crippen LogP contribution is 2.30. The largest absolute Gasteiger partial charge is 0.477 e. The van der Waals surface area contributed by atoms with E-state index in [1.165, 1.54) is 0 Å². The monoisotopic (exact) mass is 312 g/mol. The van der Waals surface area contributed by atoms with E-state index in [0.717, 1.165) is 24.2 Å². The number of hydrogen-bond acceptors (Lipinski definition) is 5. The normalized spacial score (nSPS) is 23.6. The van der Waals surface area contributed by atoms with Gasteiger partial charge in [0.2, 0.25) is 5.91 Å². The quantitative estimate of drug-likeness (QED) is 0.889. The average Bonchev–Trinajstić information content (AvgIpc) is 2.82. The fourth-order valence-corrected chi connectivity index (χ4v) is 3.25.